The van der Waals surface area contributed by atoms with E-state index in [1.807, 2.05) is 13.8 Å². The minimum Gasteiger partial charge on any atom is -0.459 e. The number of hydrogen-bond acceptors (Lipinski definition) is 3. The van der Waals surface area contributed by atoms with Crippen LogP contribution in [0.4, 0.5) is 0 Å². The largest absolute Gasteiger partial charge is 0.459 e. The lowest BCUT2D eigenvalue weighted by molar-refractivity contribution is -0.144. The van der Waals surface area contributed by atoms with Gasteiger partial charge < -0.3 is 10.1 Å². The van der Waals surface area contributed by atoms with Crippen LogP contribution >= 0.6 is 23.2 Å². The number of allylic oxidation sites excluding steroid dienone is 1. The van der Waals surface area contributed by atoms with Gasteiger partial charge in [-0.25, -0.2) is 4.79 Å². The minimum atomic E-state index is -0.466. The molecule has 2 atom stereocenters. The first-order chi connectivity index (χ1) is 10.8. The summed E-state index contributed by atoms with van der Waals surface area (Å²) < 4.78 is 5.44. The second-order valence-corrected chi connectivity index (χ2v) is 6.40. The third-order valence-electron chi connectivity index (χ3n) is 3.93. The zero-order valence-corrected chi connectivity index (χ0v) is 14.8. The lowest BCUT2D eigenvalue weighted by Crippen LogP contribution is -2.35. The number of benzene rings is 1. The van der Waals surface area contributed by atoms with Crippen LogP contribution in [0, 0.1) is 0 Å². The average molecular weight is 356 g/mol. The highest BCUT2D eigenvalue weighted by Gasteiger charge is 2.34. The molecule has 1 amide bonds. The monoisotopic (exact) mass is 355 g/mol. The Labute approximate surface area is 145 Å². The van der Waals surface area contributed by atoms with Crippen molar-refractivity contribution in [1.82, 2.24) is 5.32 Å². The zero-order chi connectivity index (χ0) is 17.1. The van der Waals surface area contributed by atoms with Gasteiger partial charge in [-0.05, 0) is 31.9 Å². The molecule has 0 aliphatic carbocycles. The molecule has 0 aromatic heterocycles. The maximum Gasteiger partial charge on any atom is 0.336 e. The molecule has 1 heterocycles. The van der Waals surface area contributed by atoms with Crippen LogP contribution in [0.2, 0.25) is 10.0 Å². The van der Waals surface area contributed by atoms with Crippen molar-refractivity contribution in [3.63, 3.8) is 0 Å². The second kappa shape index (κ2) is 7.37. The third kappa shape index (κ3) is 3.88. The van der Waals surface area contributed by atoms with Crippen molar-refractivity contribution in [2.24, 2.45) is 0 Å². The van der Waals surface area contributed by atoms with Gasteiger partial charge in [-0.15, -0.1) is 0 Å². The number of amides is 1. The predicted octanol–water partition coefficient (Wildman–Crippen LogP) is 4.21. The van der Waals surface area contributed by atoms with Crippen LogP contribution in [0.5, 0.6) is 0 Å². The lowest BCUT2D eigenvalue weighted by Gasteiger charge is -2.28. The molecule has 1 aromatic rings. The number of nitrogens with one attached hydrogen (secondary N) is 1. The Morgan fingerprint density at radius 2 is 2.13 bits per heavy atom. The first-order valence-corrected chi connectivity index (χ1v) is 8.26. The van der Waals surface area contributed by atoms with Gasteiger partial charge in [-0.2, -0.15) is 0 Å². The third-order valence-corrected chi connectivity index (χ3v) is 4.76. The molecule has 0 fully saturated rings. The second-order valence-electron chi connectivity index (χ2n) is 5.61. The summed E-state index contributed by atoms with van der Waals surface area (Å²) in [5, 5.41) is 3.45. The highest BCUT2D eigenvalue weighted by molar-refractivity contribution is 6.42. The maximum absolute atomic E-state index is 12.6. The highest BCUT2D eigenvalue weighted by Crippen LogP contribution is 2.39. The van der Waals surface area contributed by atoms with Gasteiger partial charge in [0.05, 0.1) is 21.7 Å². The smallest absolute Gasteiger partial charge is 0.336 e. The van der Waals surface area contributed by atoms with Crippen molar-refractivity contribution < 1.29 is 14.3 Å². The normalized spacial score (nSPS) is 19.3. The summed E-state index contributed by atoms with van der Waals surface area (Å²) in [4.78, 5) is 24.5. The molecular formula is C17H19Cl2NO3. The number of hydrogen-bond donors (Lipinski definition) is 1. The molecule has 0 unspecified atom stereocenters. The van der Waals surface area contributed by atoms with E-state index < -0.39 is 11.9 Å². The predicted molar refractivity (Wildman–Crippen MR) is 90.5 cm³/mol. The van der Waals surface area contributed by atoms with Crippen LogP contribution in [0.15, 0.2) is 29.5 Å². The number of esters is 1. The Kier molecular flexibility index (Phi) is 5.71. The van der Waals surface area contributed by atoms with E-state index in [1.54, 1.807) is 25.1 Å². The molecule has 1 N–H and O–H groups in total. The van der Waals surface area contributed by atoms with E-state index in [4.69, 9.17) is 27.9 Å². The molecule has 0 saturated heterocycles. The molecule has 6 heteroatoms. The van der Waals surface area contributed by atoms with E-state index in [-0.39, 0.29) is 18.4 Å². The molecule has 0 saturated carbocycles. The number of halogens is 2. The van der Waals surface area contributed by atoms with Crippen molar-refractivity contribution in [1.29, 1.82) is 0 Å². The molecule has 124 valence electrons. The van der Waals surface area contributed by atoms with Gasteiger partial charge in [-0.3, -0.25) is 4.79 Å². The molecule has 2 rings (SSSR count). The molecule has 1 aliphatic rings. The molecule has 0 bridgehead atoms. The number of carbonyl (C=O) groups excluding carboxylic acids is 2. The van der Waals surface area contributed by atoms with Crippen molar-refractivity contribution in [3.8, 4) is 0 Å². The molecule has 4 nitrogen and oxygen atoms in total. The highest BCUT2D eigenvalue weighted by atomic mass is 35.5. The van der Waals surface area contributed by atoms with E-state index in [2.05, 4.69) is 5.32 Å². The van der Waals surface area contributed by atoms with Crippen molar-refractivity contribution in [2.45, 2.75) is 45.6 Å². The first-order valence-electron chi connectivity index (χ1n) is 7.50. The van der Waals surface area contributed by atoms with Gasteiger partial charge in [0.2, 0.25) is 5.91 Å². The summed E-state index contributed by atoms with van der Waals surface area (Å²) >= 11 is 12.4. The Balaban J connectivity index is 2.46. The van der Waals surface area contributed by atoms with Gasteiger partial charge >= 0.3 is 5.97 Å². The summed E-state index contributed by atoms with van der Waals surface area (Å²) in [6.07, 6.45) is 0.644. The van der Waals surface area contributed by atoms with Gasteiger partial charge in [0, 0.05) is 18.0 Å². The number of carbonyl (C=O) groups is 2. The van der Waals surface area contributed by atoms with Gasteiger partial charge in [0.1, 0.15) is 0 Å². The molecule has 23 heavy (non-hydrogen) atoms. The maximum atomic E-state index is 12.6. The fourth-order valence-electron chi connectivity index (χ4n) is 2.56. The van der Waals surface area contributed by atoms with Crippen molar-refractivity contribution >= 4 is 35.1 Å². The van der Waals surface area contributed by atoms with E-state index in [0.29, 0.717) is 33.3 Å². The van der Waals surface area contributed by atoms with Crippen LogP contribution < -0.4 is 5.32 Å². The van der Waals surface area contributed by atoms with E-state index in [9.17, 15) is 9.59 Å². The summed E-state index contributed by atoms with van der Waals surface area (Å²) in [7, 11) is 0. The zero-order valence-electron chi connectivity index (χ0n) is 13.3. The van der Waals surface area contributed by atoms with Crippen LogP contribution in [0.3, 0.4) is 0 Å². The first kappa shape index (κ1) is 17.8. The minimum absolute atomic E-state index is 0.127. The van der Waals surface area contributed by atoms with E-state index in [1.165, 1.54) is 0 Å². The Morgan fingerprint density at radius 1 is 1.43 bits per heavy atom. The molecule has 1 aromatic carbocycles. The summed E-state index contributed by atoms with van der Waals surface area (Å²) in [6.45, 7) is 5.46. The fraction of sp³-hybridized carbons (Fsp3) is 0.412. The molecule has 0 spiro atoms. The summed E-state index contributed by atoms with van der Waals surface area (Å²) in [5.74, 6) is -1.06. The van der Waals surface area contributed by atoms with Crippen LogP contribution in [0.1, 0.15) is 45.1 Å². The Hall–Kier alpha value is -1.52. The molecular weight excluding hydrogens is 337 g/mol. The number of ether oxygens (including phenoxy) is 1. The molecule has 0 radical (unpaired) electrons. The topological polar surface area (TPSA) is 55.4 Å². The fourth-order valence-corrected chi connectivity index (χ4v) is 3.00. The quantitative estimate of drug-likeness (QED) is 0.822. The van der Waals surface area contributed by atoms with Crippen molar-refractivity contribution in [2.75, 3.05) is 0 Å². The van der Waals surface area contributed by atoms with E-state index >= 15 is 0 Å². The van der Waals surface area contributed by atoms with Gasteiger partial charge in [-0.1, -0.05) is 42.3 Å². The van der Waals surface area contributed by atoms with Gasteiger partial charge in [0.25, 0.3) is 0 Å². The molecule has 1 aliphatic heterocycles. The van der Waals surface area contributed by atoms with Gasteiger partial charge in [0.15, 0.2) is 0 Å². The van der Waals surface area contributed by atoms with Crippen LogP contribution in [-0.4, -0.2) is 18.0 Å². The Morgan fingerprint density at radius 3 is 2.78 bits per heavy atom. The van der Waals surface area contributed by atoms with E-state index in [0.717, 1.165) is 0 Å². The average Bonchev–Trinajstić information content (AvgIpc) is 2.48. The lowest BCUT2D eigenvalue weighted by atomic mass is 9.84. The van der Waals surface area contributed by atoms with Crippen LogP contribution in [-0.2, 0) is 14.3 Å². The van der Waals surface area contributed by atoms with Crippen molar-refractivity contribution in [3.05, 3.63) is 45.1 Å². The van der Waals surface area contributed by atoms with Crippen LogP contribution in [0.25, 0.3) is 0 Å². The standard InChI is InChI=1S/C17H19Cl2NO3/c1-4-9(2)23-17(22)15-10(3)20-14(21)8-12(15)11-6-5-7-13(18)16(11)19/h5-7,9,12H,4,8H2,1-3H3,(H,20,21)/t9-,12-/m1/s1. The number of rotatable bonds is 4. The Bertz CT molecular complexity index is 670. The summed E-state index contributed by atoms with van der Waals surface area (Å²) in [5.41, 5.74) is 1.58. The summed E-state index contributed by atoms with van der Waals surface area (Å²) in [6, 6.07) is 5.20. The SMILES string of the molecule is CC[C@@H](C)OC(=O)C1=C(C)NC(=O)C[C@@H]1c1cccc(Cl)c1Cl.